The van der Waals surface area contributed by atoms with E-state index in [4.69, 9.17) is 11.6 Å². The van der Waals surface area contributed by atoms with Gasteiger partial charge in [-0.25, -0.2) is 9.97 Å². The lowest BCUT2D eigenvalue weighted by atomic mass is 10.3. The summed E-state index contributed by atoms with van der Waals surface area (Å²) < 4.78 is 0. The standard InChI is InChI=1S/C14H17ClN4OS/c1-4-16-11-6-5-10(15)12(19-11)13(20)18-9(3)14-17-8(2)7-21-14/h5-7,9H,4H2,1-3H3,(H,16,19)(H,18,20). The molecule has 1 amide bonds. The lowest BCUT2D eigenvalue weighted by molar-refractivity contribution is 0.0935. The summed E-state index contributed by atoms with van der Waals surface area (Å²) in [5, 5.41) is 9.07. The number of aryl methyl sites for hydroxylation is 1. The number of carbonyl (C=O) groups is 1. The van der Waals surface area contributed by atoms with Gasteiger partial charge in [0, 0.05) is 17.6 Å². The van der Waals surface area contributed by atoms with Gasteiger partial charge in [-0.15, -0.1) is 11.3 Å². The van der Waals surface area contributed by atoms with Crippen molar-refractivity contribution >= 4 is 34.7 Å². The molecule has 2 aromatic rings. The van der Waals surface area contributed by atoms with Gasteiger partial charge in [-0.1, -0.05) is 11.6 Å². The van der Waals surface area contributed by atoms with Crippen molar-refractivity contribution in [3.8, 4) is 0 Å². The van der Waals surface area contributed by atoms with E-state index in [1.807, 2.05) is 26.2 Å². The SMILES string of the molecule is CCNc1ccc(Cl)c(C(=O)NC(C)c2nc(C)cs2)n1. The molecule has 0 saturated carbocycles. The summed E-state index contributed by atoms with van der Waals surface area (Å²) in [4.78, 5) is 20.9. The second kappa shape index (κ2) is 6.87. The summed E-state index contributed by atoms with van der Waals surface area (Å²) in [6.45, 7) is 6.50. The highest BCUT2D eigenvalue weighted by Gasteiger charge is 2.18. The zero-order valence-electron chi connectivity index (χ0n) is 12.1. The maximum atomic E-state index is 12.3. The lowest BCUT2D eigenvalue weighted by Gasteiger charge is -2.12. The van der Waals surface area contributed by atoms with Crippen LogP contribution in [0.4, 0.5) is 5.82 Å². The second-order valence-corrected chi connectivity index (χ2v) is 5.88. The van der Waals surface area contributed by atoms with Crippen LogP contribution in [0.5, 0.6) is 0 Å². The van der Waals surface area contributed by atoms with Gasteiger partial charge in [-0.2, -0.15) is 0 Å². The number of nitrogens with zero attached hydrogens (tertiary/aromatic N) is 2. The quantitative estimate of drug-likeness (QED) is 0.884. The second-order valence-electron chi connectivity index (χ2n) is 4.58. The van der Waals surface area contributed by atoms with E-state index in [1.165, 1.54) is 11.3 Å². The fourth-order valence-electron chi connectivity index (χ4n) is 1.78. The Morgan fingerprint density at radius 3 is 2.81 bits per heavy atom. The highest BCUT2D eigenvalue weighted by Crippen LogP contribution is 2.20. The van der Waals surface area contributed by atoms with E-state index in [0.29, 0.717) is 10.8 Å². The van der Waals surface area contributed by atoms with Crippen LogP contribution in [-0.2, 0) is 0 Å². The normalized spacial score (nSPS) is 12.0. The Balaban J connectivity index is 2.14. The predicted octanol–water partition coefficient (Wildman–Crippen LogP) is 3.42. The third kappa shape index (κ3) is 3.92. The van der Waals surface area contributed by atoms with Crippen molar-refractivity contribution in [1.82, 2.24) is 15.3 Å². The minimum atomic E-state index is -0.305. The monoisotopic (exact) mass is 324 g/mol. The van der Waals surface area contributed by atoms with Crippen molar-refractivity contribution in [1.29, 1.82) is 0 Å². The van der Waals surface area contributed by atoms with Crippen LogP contribution in [0.2, 0.25) is 5.02 Å². The average molecular weight is 325 g/mol. The zero-order valence-corrected chi connectivity index (χ0v) is 13.7. The molecule has 0 aliphatic carbocycles. The number of thiazole rings is 1. The summed E-state index contributed by atoms with van der Waals surface area (Å²) in [5.74, 6) is 0.324. The van der Waals surface area contributed by atoms with Crippen molar-refractivity contribution in [2.24, 2.45) is 0 Å². The molecule has 0 aromatic carbocycles. The van der Waals surface area contributed by atoms with E-state index in [1.54, 1.807) is 12.1 Å². The molecule has 0 bridgehead atoms. The Morgan fingerprint density at radius 1 is 1.43 bits per heavy atom. The molecule has 1 atom stereocenters. The van der Waals surface area contributed by atoms with Crippen LogP contribution in [0.25, 0.3) is 0 Å². The Hall–Kier alpha value is -1.66. The van der Waals surface area contributed by atoms with Gasteiger partial charge in [0.15, 0.2) is 0 Å². The first kappa shape index (κ1) is 15.7. The Morgan fingerprint density at radius 2 is 2.19 bits per heavy atom. The number of carbonyl (C=O) groups excluding carboxylic acids is 1. The zero-order chi connectivity index (χ0) is 15.4. The summed E-state index contributed by atoms with van der Waals surface area (Å²) >= 11 is 7.58. The van der Waals surface area contributed by atoms with Gasteiger partial charge in [-0.05, 0) is 32.9 Å². The number of aromatic nitrogens is 2. The molecule has 2 heterocycles. The van der Waals surface area contributed by atoms with Crippen LogP contribution in [0.3, 0.4) is 0 Å². The first-order chi connectivity index (χ1) is 10.0. The Bertz CT molecular complexity index is 644. The molecule has 7 heteroatoms. The number of anilines is 1. The van der Waals surface area contributed by atoms with Gasteiger partial charge in [0.1, 0.15) is 16.5 Å². The van der Waals surface area contributed by atoms with Gasteiger partial charge in [-0.3, -0.25) is 4.79 Å². The van der Waals surface area contributed by atoms with Crippen molar-refractivity contribution in [3.05, 3.63) is 38.9 Å². The van der Waals surface area contributed by atoms with Crippen molar-refractivity contribution in [2.45, 2.75) is 26.8 Å². The van der Waals surface area contributed by atoms with E-state index in [9.17, 15) is 4.79 Å². The fraction of sp³-hybridized carbons (Fsp3) is 0.357. The topological polar surface area (TPSA) is 66.9 Å². The molecule has 0 aliphatic rings. The molecule has 2 N–H and O–H groups in total. The number of halogens is 1. The van der Waals surface area contributed by atoms with Gasteiger partial charge in [0.05, 0.1) is 11.1 Å². The highest BCUT2D eigenvalue weighted by atomic mass is 35.5. The summed E-state index contributed by atoms with van der Waals surface area (Å²) in [6.07, 6.45) is 0. The number of hydrogen-bond donors (Lipinski definition) is 2. The molecule has 0 spiro atoms. The molecule has 112 valence electrons. The molecule has 2 rings (SSSR count). The van der Waals surface area contributed by atoms with Gasteiger partial charge in [0.25, 0.3) is 5.91 Å². The van der Waals surface area contributed by atoms with E-state index < -0.39 is 0 Å². The fourth-order valence-corrected chi connectivity index (χ4v) is 2.77. The van der Waals surface area contributed by atoms with Crippen LogP contribution in [0.15, 0.2) is 17.5 Å². The van der Waals surface area contributed by atoms with Crippen molar-refractivity contribution in [3.63, 3.8) is 0 Å². The number of nitrogens with one attached hydrogen (secondary N) is 2. The van der Waals surface area contributed by atoms with Crippen LogP contribution in [0.1, 0.15) is 41.1 Å². The van der Waals surface area contributed by atoms with E-state index in [0.717, 1.165) is 17.2 Å². The van der Waals surface area contributed by atoms with E-state index in [-0.39, 0.29) is 17.6 Å². The predicted molar refractivity (Wildman–Crippen MR) is 86.1 cm³/mol. The Kier molecular flexibility index (Phi) is 5.14. The van der Waals surface area contributed by atoms with Gasteiger partial charge in [0.2, 0.25) is 0 Å². The van der Waals surface area contributed by atoms with Crippen molar-refractivity contribution in [2.75, 3.05) is 11.9 Å². The first-order valence-electron chi connectivity index (χ1n) is 6.64. The molecular formula is C14H17ClN4OS. The maximum Gasteiger partial charge on any atom is 0.272 e. The van der Waals surface area contributed by atoms with Crippen LogP contribution < -0.4 is 10.6 Å². The minimum Gasteiger partial charge on any atom is -0.370 e. The molecule has 21 heavy (non-hydrogen) atoms. The molecule has 1 unspecified atom stereocenters. The minimum absolute atomic E-state index is 0.183. The third-order valence-corrected chi connectivity index (χ3v) is 4.22. The molecule has 0 radical (unpaired) electrons. The smallest absolute Gasteiger partial charge is 0.272 e. The maximum absolute atomic E-state index is 12.3. The number of hydrogen-bond acceptors (Lipinski definition) is 5. The lowest BCUT2D eigenvalue weighted by Crippen LogP contribution is -2.28. The van der Waals surface area contributed by atoms with Gasteiger partial charge < -0.3 is 10.6 Å². The molecular weight excluding hydrogens is 308 g/mol. The molecule has 2 aromatic heterocycles. The summed E-state index contributed by atoms with van der Waals surface area (Å²) in [7, 11) is 0. The van der Waals surface area contributed by atoms with Crippen LogP contribution >= 0.6 is 22.9 Å². The number of rotatable bonds is 5. The summed E-state index contributed by atoms with van der Waals surface area (Å²) in [6, 6.07) is 3.23. The van der Waals surface area contributed by atoms with E-state index >= 15 is 0 Å². The molecule has 0 saturated heterocycles. The van der Waals surface area contributed by atoms with Crippen molar-refractivity contribution < 1.29 is 4.79 Å². The largest absolute Gasteiger partial charge is 0.370 e. The Labute approximate surface area is 132 Å². The average Bonchev–Trinajstić information content (AvgIpc) is 2.88. The first-order valence-corrected chi connectivity index (χ1v) is 7.90. The molecule has 0 fully saturated rings. The number of amides is 1. The van der Waals surface area contributed by atoms with E-state index in [2.05, 4.69) is 20.6 Å². The molecule has 5 nitrogen and oxygen atoms in total. The third-order valence-electron chi connectivity index (χ3n) is 2.77. The summed E-state index contributed by atoms with van der Waals surface area (Å²) in [5.41, 5.74) is 1.16. The highest BCUT2D eigenvalue weighted by molar-refractivity contribution is 7.09. The van der Waals surface area contributed by atoms with Crippen LogP contribution in [-0.4, -0.2) is 22.4 Å². The van der Waals surface area contributed by atoms with Crippen LogP contribution in [0, 0.1) is 6.92 Å². The molecule has 0 aliphatic heterocycles. The number of pyridine rings is 1. The van der Waals surface area contributed by atoms with Gasteiger partial charge >= 0.3 is 0 Å².